The van der Waals surface area contributed by atoms with Crippen LogP contribution in [0.5, 0.6) is 0 Å². The summed E-state index contributed by atoms with van der Waals surface area (Å²) >= 11 is 0. The van der Waals surface area contributed by atoms with Crippen molar-refractivity contribution < 1.29 is 34.4 Å². The second-order valence-corrected chi connectivity index (χ2v) is 9.11. The van der Waals surface area contributed by atoms with Crippen LogP contribution in [0.15, 0.2) is 60.7 Å². The second-order valence-electron chi connectivity index (χ2n) is 9.11. The average Bonchev–Trinajstić information content (AvgIpc) is 3.33. The quantitative estimate of drug-likeness (QED) is 0.177. The number of aliphatic hydroxyl groups is 3. The van der Waals surface area contributed by atoms with Crippen molar-refractivity contribution in [3.05, 3.63) is 71.9 Å². The molecule has 1 aliphatic heterocycles. The Kier molecular flexibility index (Phi) is 8.54. The number of amides is 1. The lowest BCUT2D eigenvalue weighted by Gasteiger charge is -2.42. The molecule has 4 rings (SSSR count). The van der Waals surface area contributed by atoms with Crippen LogP contribution >= 0.6 is 0 Å². The summed E-state index contributed by atoms with van der Waals surface area (Å²) in [6.45, 7) is -0.151. The third-order valence-electron chi connectivity index (χ3n) is 6.47. The highest BCUT2D eigenvalue weighted by Gasteiger charge is 2.47. The predicted octanol–water partition coefficient (Wildman–Crippen LogP) is -0.925. The first-order chi connectivity index (χ1) is 17.8. The van der Waals surface area contributed by atoms with Crippen molar-refractivity contribution in [3.8, 4) is 0 Å². The number of nitrogens with two attached hydrogens (primary N) is 2. The van der Waals surface area contributed by atoms with Gasteiger partial charge in [-0.1, -0.05) is 48.5 Å². The van der Waals surface area contributed by atoms with E-state index in [0.29, 0.717) is 5.69 Å². The Morgan fingerprint density at radius 3 is 2.43 bits per heavy atom. The van der Waals surface area contributed by atoms with E-state index >= 15 is 0 Å². The van der Waals surface area contributed by atoms with Crippen molar-refractivity contribution in [1.29, 1.82) is 0 Å². The van der Waals surface area contributed by atoms with Crippen molar-refractivity contribution in [2.75, 3.05) is 6.54 Å². The van der Waals surface area contributed by atoms with E-state index in [2.05, 4.69) is 10.3 Å². The van der Waals surface area contributed by atoms with Crippen molar-refractivity contribution in [3.63, 3.8) is 0 Å². The van der Waals surface area contributed by atoms with Crippen molar-refractivity contribution in [2.24, 2.45) is 11.5 Å². The molecule has 37 heavy (non-hydrogen) atoms. The van der Waals surface area contributed by atoms with Gasteiger partial charge >= 0.3 is 5.97 Å². The molecule has 1 saturated heterocycles. The molecule has 3 aromatic rings. The van der Waals surface area contributed by atoms with Gasteiger partial charge in [0.05, 0.1) is 6.10 Å². The van der Waals surface area contributed by atoms with Crippen LogP contribution in [0.2, 0.25) is 0 Å². The molecule has 11 nitrogen and oxygen atoms in total. The summed E-state index contributed by atoms with van der Waals surface area (Å²) in [6, 6.07) is 16.0. The van der Waals surface area contributed by atoms with E-state index in [0.717, 1.165) is 16.5 Å². The summed E-state index contributed by atoms with van der Waals surface area (Å²) < 4.78 is 11.0. The maximum absolute atomic E-state index is 13.1. The van der Waals surface area contributed by atoms with Gasteiger partial charge in [0.15, 0.2) is 0 Å². The van der Waals surface area contributed by atoms with Crippen LogP contribution < -0.4 is 16.8 Å². The lowest BCUT2D eigenvalue weighted by molar-refractivity contribution is -0.223. The van der Waals surface area contributed by atoms with Gasteiger partial charge in [-0.3, -0.25) is 4.79 Å². The molecular weight excluding hydrogens is 480 g/mol. The number of rotatable bonds is 9. The molecule has 7 atom stereocenters. The van der Waals surface area contributed by atoms with E-state index in [1.54, 1.807) is 0 Å². The van der Waals surface area contributed by atoms with Gasteiger partial charge in [0, 0.05) is 24.2 Å². The highest BCUT2D eigenvalue weighted by molar-refractivity contribution is 5.88. The Balaban J connectivity index is 1.50. The van der Waals surface area contributed by atoms with Crippen LogP contribution in [0, 0.1) is 0 Å². The fraction of sp³-hybridized carbons (Fsp3) is 0.385. The summed E-state index contributed by atoms with van der Waals surface area (Å²) in [5.41, 5.74) is 14.0. The lowest BCUT2D eigenvalue weighted by Crippen LogP contribution is -2.66. The van der Waals surface area contributed by atoms with E-state index in [-0.39, 0.29) is 19.6 Å². The van der Waals surface area contributed by atoms with Gasteiger partial charge < -0.3 is 46.6 Å². The molecular formula is C26H32N4O7. The normalized spacial score (nSPS) is 25.4. The number of para-hydroxylation sites is 1. The van der Waals surface area contributed by atoms with Crippen LogP contribution in [0.4, 0.5) is 0 Å². The molecule has 3 unspecified atom stereocenters. The first kappa shape index (κ1) is 26.7. The minimum absolute atomic E-state index is 0.0114. The second kappa shape index (κ2) is 11.8. The number of aromatic nitrogens is 1. The summed E-state index contributed by atoms with van der Waals surface area (Å²) in [4.78, 5) is 29.4. The highest BCUT2D eigenvalue weighted by Crippen LogP contribution is 2.23. The number of carbonyl (C=O) groups is 2. The molecule has 0 bridgehead atoms. The number of hydrogen-bond acceptors (Lipinski definition) is 9. The molecule has 0 spiro atoms. The largest absolute Gasteiger partial charge is 0.459 e. The molecule has 1 amide bonds. The number of fused-ring (bicyclic) bond motifs is 1. The van der Waals surface area contributed by atoms with E-state index in [1.807, 2.05) is 60.7 Å². The highest BCUT2D eigenvalue weighted by atomic mass is 16.5. The number of carbonyl (C=O) groups excluding carboxylic acids is 2. The van der Waals surface area contributed by atoms with Gasteiger partial charge in [0.2, 0.25) is 5.91 Å². The first-order valence-electron chi connectivity index (χ1n) is 12.0. The van der Waals surface area contributed by atoms with E-state index in [9.17, 15) is 24.9 Å². The van der Waals surface area contributed by atoms with Gasteiger partial charge in [0.1, 0.15) is 43.1 Å². The summed E-state index contributed by atoms with van der Waals surface area (Å²) in [7, 11) is 0. The van der Waals surface area contributed by atoms with Crippen LogP contribution in [0.25, 0.3) is 10.9 Å². The zero-order valence-corrected chi connectivity index (χ0v) is 20.1. The Labute approximate surface area is 213 Å². The molecule has 1 aromatic heterocycles. The SMILES string of the molecule is NCC1O[C@@H]([C@H](N)C(=O)N[C@@H](Cc2cc3ccccc3[nH]2)C(=O)OCc2ccccc2)C(O)C(O)[C@H]1O. The molecule has 1 aliphatic rings. The minimum Gasteiger partial charge on any atom is -0.459 e. The third-order valence-corrected chi connectivity index (χ3v) is 6.47. The van der Waals surface area contributed by atoms with Gasteiger partial charge in [-0.2, -0.15) is 0 Å². The fourth-order valence-corrected chi connectivity index (χ4v) is 4.37. The van der Waals surface area contributed by atoms with Gasteiger partial charge in [-0.05, 0) is 23.1 Å². The molecule has 2 aromatic carbocycles. The van der Waals surface area contributed by atoms with Crippen molar-refractivity contribution in [1.82, 2.24) is 10.3 Å². The molecule has 0 saturated carbocycles. The summed E-state index contributed by atoms with van der Waals surface area (Å²) in [6.07, 6.45) is -6.99. The van der Waals surface area contributed by atoms with Crippen molar-refractivity contribution in [2.45, 2.75) is 55.6 Å². The van der Waals surface area contributed by atoms with Crippen LogP contribution in [0.1, 0.15) is 11.3 Å². The molecule has 1 fully saturated rings. The topological polar surface area (TPSA) is 193 Å². The molecule has 2 heterocycles. The number of hydrogen-bond donors (Lipinski definition) is 7. The maximum Gasteiger partial charge on any atom is 0.329 e. The minimum atomic E-state index is -1.64. The van der Waals surface area contributed by atoms with Crippen molar-refractivity contribution >= 4 is 22.8 Å². The number of H-pyrrole nitrogens is 1. The predicted molar refractivity (Wildman–Crippen MR) is 134 cm³/mol. The summed E-state index contributed by atoms with van der Waals surface area (Å²) in [5.74, 6) is -1.48. The van der Waals surface area contributed by atoms with Crippen LogP contribution in [-0.2, 0) is 32.1 Å². The van der Waals surface area contributed by atoms with Crippen LogP contribution in [-0.4, -0.2) is 81.3 Å². The van der Waals surface area contributed by atoms with Gasteiger partial charge in [-0.15, -0.1) is 0 Å². The smallest absolute Gasteiger partial charge is 0.329 e. The third kappa shape index (κ3) is 6.16. The van der Waals surface area contributed by atoms with E-state index in [1.165, 1.54) is 0 Å². The van der Waals surface area contributed by atoms with Crippen LogP contribution in [0.3, 0.4) is 0 Å². The standard InChI is InChI=1S/C26H32N4O7/c27-12-19-21(31)22(32)23(33)24(37-19)20(28)25(34)30-18(26(35)36-13-14-6-2-1-3-7-14)11-16-10-15-8-4-5-9-17(15)29-16/h1-10,18-24,29,31-33H,11-13,27-28H2,(H,30,34)/t18-,19?,20-,21-,22?,23?,24-/m0/s1. The molecule has 0 radical (unpaired) electrons. The Morgan fingerprint density at radius 2 is 1.73 bits per heavy atom. The van der Waals surface area contributed by atoms with E-state index < -0.39 is 54.5 Å². The number of ether oxygens (including phenoxy) is 2. The first-order valence-corrected chi connectivity index (χ1v) is 12.0. The molecule has 9 N–H and O–H groups in total. The monoisotopic (exact) mass is 512 g/mol. The van der Waals surface area contributed by atoms with Gasteiger partial charge in [0.25, 0.3) is 0 Å². The average molecular weight is 513 g/mol. The lowest BCUT2D eigenvalue weighted by atomic mass is 9.91. The molecule has 0 aliphatic carbocycles. The molecule has 11 heteroatoms. The Morgan fingerprint density at radius 1 is 1.03 bits per heavy atom. The maximum atomic E-state index is 13.1. The molecule has 198 valence electrons. The Hall–Kier alpha value is -3.32. The fourth-order valence-electron chi connectivity index (χ4n) is 4.37. The van der Waals surface area contributed by atoms with Gasteiger partial charge in [-0.25, -0.2) is 4.79 Å². The van der Waals surface area contributed by atoms with E-state index in [4.69, 9.17) is 20.9 Å². The zero-order valence-electron chi connectivity index (χ0n) is 20.1. The number of aliphatic hydroxyl groups excluding tert-OH is 3. The zero-order chi connectivity index (χ0) is 26.5. The number of benzene rings is 2. The number of esters is 1. The Bertz CT molecular complexity index is 1170. The number of nitrogens with one attached hydrogen (secondary N) is 2. The summed E-state index contributed by atoms with van der Waals surface area (Å²) in [5, 5.41) is 34.1. The number of aromatic amines is 1.